The maximum absolute atomic E-state index is 11.3. The fourth-order valence-electron chi connectivity index (χ4n) is 1.52. The van der Waals surface area contributed by atoms with Crippen molar-refractivity contribution < 1.29 is 23.8 Å². The van der Waals surface area contributed by atoms with Gasteiger partial charge >= 0.3 is 11.9 Å². The molecule has 0 N–H and O–H groups in total. The molecule has 0 aromatic heterocycles. The Labute approximate surface area is 130 Å². The largest absolute Gasteiger partial charge is 0.490 e. The maximum Gasteiger partial charge on any atom is 0.330 e. The van der Waals surface area contributed by atoms with E-state index in [1.165, 1.54) is 13.2 Å². The van der Waals surface area contributed by atoms with E-state index in [1.807, 2.05) is 12.1 Å². The zero-order valence-electron chi connectivity index (χ0n) is 12.8. The number of rotatable bonds is 8. The van der Waals surface area contributed by atoms with Gasteiger partial charge < -0.3 is 14.2 Å². The third kappa shape index (κ3) is 7.28. The van der Waals surface area contributed by atoms with E-state index < -0.39 is 5.97 Å². The second kappa shape index (κ2) is 9.39. The fraction of sp³-hybridized carbons (Fsp3) is 0.294. The van der Waals surface area contributed by atoms with Crippen LogP contribution in [0.4, 0.5) is 0 Å². The lowest BCUT2D eigenvalue weighted by molar-refractivity contribution is -0.143. The molecule has 0 spiro atoms. The number of carbonyl (C=O) groups is 2. The molecule has 0 amide bonds. The van der Waals surface area contributed by atoms with Gasteiger partial charge in [-0.25, -0.2) is 4.79 Å². The van der Waals surface area contributed by atoms with Crippen LogP contribution in [0.3, 0.4) is 0 Å². The topological polar surface area (TPSA) is 61.8 Å². The lowest BCUT2D eigenvalue weighted by atomic mass is 10.2. The smallest absolute Gasteiger partial charge is 0.330 e. The average molecular weight is 304 g/mol. The molecule has 0 aliphatic rings. The van der Waals surface area contributed by atoms with E-state index in [0.29, 0.717) is 5.75 Å². The molecule has 0 heterocycles. The van der Waals surface area contributed by atoms with Crippen molar-refractivity contribution in [3.8, 4) is 5.75 Å². The van der Waals surface area contributed by atoms with E-state index >= 15 is 0 Å². The fourth-order valence-corrected chi connectivity index (χ4v) is 1.52. The van der Waals surface area contributed by atoms with Crippen molar-refractivity contribution in [1.29, 1.82) is 0 Å². The minimum absolute atomic E-state index is 0.191. The van der Waals surface area contributed by atoms with Gasteiger partial charge in [0.2, 0.25) is 0 Å². The van der Waals surface area contributed by atoms with Gasteiger partial charge in [-0.15, -0.1) is 0 Å². The lowest BCUT2D eigenvalue weighted by Crippen LogP contribution is -2.12. The second-order valence-electron chi connectivity index (χ2n) is 4.63. The van der Waals surface area contributed by atoms with Gasteiger partial charge in [0.1, 0.15) is 19.0 Å². The third-order valence-electron chi connectivity index (χ3n) is 2.55. The first-order valence-corrected chi connectivity index (χ1v) is 6.80. The zero-order chi connectivity index (χ0) is 16.4. The second-order valence-corrected chi connectivity index (χ2v) is 4.63. The van der Waals surface area contributed by atoms with E-state index in [0.717, 1.165) is 11.1 Å². The summed E-state index contributed by atoms with van der Waals surface area (Å²) in [6, 6.07) is 7.16. The first-order valence-electron chi connectivity index (χ1n) is 6.80. The number of methoxy groups -OCH3 is 1. The van der Waals surface area contributed by atoms with E-state index in [4.69, 9.17) is 9.47 Å². The SMILES string of the molecule is C=C(C)CC(=O)OCCOc1ccc(/C=C/C(=O)OC)cc1. The van der Waals surface area contributed by atoms with Gasteiger partial charge in [0.25, 0.3) is 0 Å². The predicted octanol–water partition coefficient (Wildman–Crippen LogP) is 2.76. The predicted molar refractivity (Wildman–Crippen MR) is 83.4 cm³/mol. The molecule has 1 aromatic rings. The van der Waals surface area contributed by atoms with E-state index in [9.17, 15) is 9.59 Å². The van der Waals surface area contributed by atoms with Crippen LogP contribution in [0.5, 0.6) is 5.75 Å². The number of benzene rings is 1. The Morgan fingerprint density at radius 1 is 1.18 bits per heavy atom. The molecule has 0 aliphatic heterocycles. The molecule has 22 heavy (non-hydrogen) atoms. The van der Waals surface area contributed by atoms with Crippen molar-refractivity contribution >= 4 is 18.0 Å². The highest BCUT2D eigenvalue weighted by Crippen LogP contribution is 2.13. The van der Waals surface area contributed by atoms with Crippen LogP contribution in [0, 0.1) is 0 Å². The van der Waals surface area contributed by atoms with Gasteiger partial charge in [0.15, 0.2) is 0 Å². The van der Waals surface area contributed by atoms with Crippen LogP contribution in [0.1, 0.15) is 18.9 Å². The Balaban J connectivity index is 2.33. The molecule has 0 radical (unpaired) electrons. The molecule has 118 valence electrons. The first kappa shape index (κ1) is 17.5. The average Bonchev–Trinajstić information content (AvgIpc) is 2.49. The summed E-state index contributed by atoms with van der Waals surface area (Å²) in [7, 11) is 1.33. The zero-order valence-corrected chi connectivity index (χ0v) is 12.8. The maximum atomic E-state index is 11.3. The van der Waals surface area contributed by atoms with Crippen molar-refractivity contribution in [2.75, 3.05) is 20.3 Å². The van der Waals surface area contributed by atoms with Crippen LogP contribution in [0.2, 0.25) is 0 Å². The quantitative estimate of drug-likeness (QED) is 0.320. The van der Waals surface area contributed by atoms with Crippen molar-refractivity contribution in [2.24, 2.45) is 0 Å². The van der Waals surface area contributed by atoms with Gasteiger partial charge in [-0.2, -0.15) is 0 Å². The molecular weight excluding hydrogens is 284 g/mol. The lowest BCUT2D eigenvalue weighted by Gasteiger charge is -2.07. The molecule has 0 saturated heterocycles. The standard InChI is InChI=1S/C17H20O5/c1-13(2)12-17(19)22-11-10-21-15-7-4-14(5-8-15)6-9-16(18)20-3/h4-9H,1,10-12H2,2-3H3/b9-6+. The van der Waals surface area contributed by atoms with E-state index in [2.05, 4.69) is 11.3 Å². The van der Waals surface area contributed by atoms with Gasteiger partial charge in [0, 0.05) is 6.08 Å². The third-order valence-corrected chi connectivity index (χ3v) is 2.55. The molecule has 5 heteroatoms. The molecule has 5 nitrogen and oxygen atoms in total. The minimum Gasteiger partial charge on any atom is -0.490 e. The molecule has 0 aliphatic carbocycles. The van der Waals surface area contributed by atoms with Crippen LogP contribution < -0.4 is 4.74 Å². The Bertz CT molecular complexity index is 543. The van der Waals surface area contributed by atoms with Gasteiger partial charge in [0.05, 0.1) is 13.5 Å². The number of ether oxygens (including phenoxy) is 3. The molecule has 0 saturated carbocycles. The number of carbonyl (C=O) groups excluding carboxylic acids is 2. The summed E-state index contributed by atoms with van der Waals surface area (Å²) >= 11 is 0. The number of esters is 2. The van der Waals surface area contributed by atoms with Crippen LogP contribution >= 0.6 is 0 Å². The molecule has 1 aromatic carbocycles. The van der Waals surface area contributed by atoms with Gasteiger partial charge in [-0.3, -0.25) is 4.79 Å². The molecule has 1 rings (SSSR count). The van der Waals surface area contributed by atoms with Crippen LogP contribution in [0.25, 0.3) is 6.08 Å². The van der Waals surface area contributed by atoms with Crippen molar-refractivity contribution in [3.05, 3.63) is 48.1 Å². The Hall–Kier alpha value is -2.56. The van der Waals surface area contributed by atoms with Crippen molar-refractivity contribution in [3.63, 3.8) is 0 Å². The van der Waals surface area contributed by atoms with Crippen LogP contribution in [0.15, 0.2) is 42.5 Å². The van der Waals surface area contributed by atoms with Crippen LogP contribution in [-0.4, -0.2) is 32.3 Å². The first-order chi connectivity index (χ1) is 10.5. The summed E-state index contributed by atoms with van der Waals surface area (Å²) in [6.07, 6.45) is 3.22. The van der Waals surface area contributed by atoms with E-state index in [-0.39, 0.29) is 25.6 Å². The summed E-state index contributed by atoms with van der Waals surface area (Å²) in [5.74, 6) is -0.0533. The monoisotopic (exact) mass is 304 g/mol. The number of hydrogen-bond acceptors (Lipinski definition) is 5. The normalized spacial score (nSPS) is 10.3. The highest BCUT2D eigenvalue weighted by atomic mass is 16.6. The summed E-state index contributed by atoms with van der Waals surface area (Å²) in [4.78, 5) is 22.2. The number of hydrogen-bond donors (Lipinski definition) is 0. The van der Waals surface area contributed by atoms with Crippen molar-refractivity contribution in [1.82, 2.24) is 0 Å². The Morgan fingerprint density at radius 2 is 1.86 bits per heavy atom. The highest BCUT2D eigenvalue weighted by molar-refractivity contribution is 5.86. The summed E-state index contributed by atoms with van der Waals surface area (Å²) in [5.41, 5.74) is 1.62. The molecule has 0 bridgehead atoms. The molecule has 0 atom stereocenters. The Kier molecular flexibility index (Phi) is 7.47. The summed E-state index contributed by atoms with van der Waals surface area (Å²) in [6.45, 7) is 5.88. The molecule has 0 fully saturated rings. The van der Waals surface area contributed by atoms with E-state index in [1.54, 1.807) is 25.1 Å². The molecule has 0 unspecified atom stereocenters. The minimum atomic E-state index is -0.406. The molecular formula is C17H20O5. The Morgan fingerprint density at radius 3 is 2.45 bits per heavy atom. The van der Waals surface area contributed by atoms with Gasteiger partial charge in [-0.05, 0) is 30.7 Å². The summed E-state index contributed by atoms with van der Waals surface area (Å²) < 4.78 is 14.9. The van der Waals surface area contributed by atoms with Crippen molar-refractivity contribution in [2.45, 2.75) is 13.3 Å². The summed E-state index contributed by atoms with van der Waals surface area (Å²) in [5, 5.41) is 0. The highest BCUT2D eigenvalue weighted by Gasteiger charge is 2.02. The van der Waals surface area contributed by atoms with Gasteiger partial charge in [-0.1, -0.05) is 24.3 Å². The van der Waals surface area contributed by atoms with Crippen LogP contribution in [-0.2, 0) is 19.1 Å².